The number of alkyl halides is 4. The summed E-state index contributed by atoms with van der Waals surface area (Å²) < 4.78 is 49.5. The SMILES string of the molecule is CC(C)NC(=O)c1ccc(NC(=O)C(F)(F)C(F)F)cc1. The number of nitrogens with one attached hydrogen (secondary N) is 2. The van der Waals surface area contributed by atoms with E-state index >= 15 is 0 Å². The molecule has 4 nitrogen and oxygen atoms in total. The fourth-order valence-electron chi connectivity index (χ4n) is 1.36. The lowest BCUT2D eigenvalue weighted by atomic mass is 10.2. The number of rotatable bonds is 5. The van der Waals surface area contributed by atoms with Crippen LogP contribution in [0.2, 0.25) is 0 Å². The van der Waals surface area contributed by atoms with Gasteiger partial charge in [-0.05, 0) is 38.1 Å². The monoisotopic (exact) mass is 306 g/mol. The molecule has 0 heterocycles. The Morgan fingerprint density at radius 3 is 2.05 bits per heavy atom. The summed E-state index contributed by atoms with van der Waals surface area (Å²) in [5.74, 6) is -7.24. The van der Waals surface area contributed by atoms with E-state index in [1.54, 1.807) is 19.2 Å². The van der Waals surface area contributed by atoms with E-state index in [1.165, 1.54) is 24.3 Å². The first-order chi connectivity index (χ1) is 9.64. The van der Waals surface area contributed by atoms with Gasteiger partial charge in [0.15, 0.2) is 0 Å². The molecule has 0 aliphatic carbocycles. The van der Waals surface area contributed by atoms with E-state index in [0.29, 0.717) is 0 Å². The Morgan fingerprint density at radius 1 is 1.10 bits per heavy atom. The largest absolute Gasteiger partial charge is 0.383 e. The molecule has 116 valence electrons. The zero-order valence-corrected chi connectivity index (χ0v) is 11.3. The van der Waals surface area contributed by atoms with Gasteiger partial charge in [-0.1, -0.05) is 0 Å². The second-order valence-electron chi connectivity index (χ2n) is 4.58. The van der Waals surface area contributed by atoms with Crippen molar-refractivity contribution < 1.29 is 27.2 Å². The topological polar surface area (TPSA) is 58.2 Å². The van der Waals surface area contributed by atoms with Gasteiger partial charge in [0, 0.05) is 17.3 Å². The smallest absolute Gasteiger partial charge is 0.350 e. The average molecular weight is 306 g/mol. The second-order valence-corrected chi connectivity index (χ2v) is 4.58. The van der Waals surface area contributed by atoms with Crippen molar-refractivity contribution in [3.05, 3.63) is 29.8 Å². The molecule has 1 aromatic rings. The van der Waals surface area contributed by atoms with Gasteiger partial charge in [0.25, 0.3) is 5.91 Å². The average Bonchev–Trinajstić information content (AvgIpc) is 2.38. The Kier molecular flexibility index (Phi) is 5.28. The second kappa shape index (κ2) is 6.55. The fraction of sp³-hybridized carbons (Fsp3) is 0.385. The molecule has 1 rings (SSSR count). The van der Waals surface area contributed by atoms with Crippen molar-refractivity contribution in [3.8, 4) is 0 Å². The van der Waals surface area contributed by atoms with Crippen molar-refractivity contribution in [1.82, 2.24) is 5.32 Å². The Balaban J connectivity index is 2.76. The molecule has 21 heavy (non-hydrogen) atoms. The number of hydrogen-bond donors (Lipinski definition) is 2. The van der Waals surface area contributed by atoms with Crippen molar-refractivity contribution in [2.45, 2.75) is 32.2 Å². The van der Waals surface area contributed by atoms with Gasteiger partial charge in [-0.25, -0.2) is 8.78 Å². The number of carbonyl (C=O) groups is 2. The minimum atomic E-state index is -4.77. The molecule has 2 N–H and O–H groups in total. The van der Waals surface area contributed by atoms with E-state index in [4.69, 9.17) is 0 Å². The van der Waals surface area contributed by atoms with Crippen LogP contribution < -0.4 is 10.6 Å². The Labute approximate surface area is 118 Å². The molecule has 0 atom stereocenters. The van der Waals surface area contributed by atoms with Crippen molar-refractivity contribution in [1.29, 1.82) is 0 Å². The van der Waals surface area contributed by atoms with Crippen LogP contribution in [0.5, 0.6) is 0 Å². The number of carbonyl (C=O) groups excluding carboxylic acids is 2. The quantitative estimate of drug-likeness (QED) is 0.822. The third kappa shape index (κ3) is 4.44. The van der Waals surface area contributed by atoms with Gasteiger partial charge >= 0.3 is 18.3 Å². The van der Waals surface area contributed by atoms with Crippen molar-refractivity contribution in [3.63, 3.8) is 0 Å². The summed E-state index contributed by atoms with van der Waals surface area (Å²) >= 11 is 0. The molecule has 0 aromatic heterocycles. The maximum atomic E-state index is 12.8. The van der Waals surface area contributed by atoms with Crippen LogP contribution >= 0.6 is 0 Å². The molecular weight excluding hydrogens is 292 g/mol. The summed E-state index contributed by atoms with van der Waals surface area (Å²) in [4.78, 5) is 22.6. The van der Waals surface area contributed by atoms with Crippen LogP contribution in [0.15, 0.2) is 24.3 Å². The van der Waals surface area contributed by atoms with E-state index < -0.39 is 18.3 Å². The zero-order chi connectivity index (χ0) is 16.2. The third-order valence-corrected chi connectivity index (χ3v) is 2.40. The van der Waals surface area contributed by atoms with Crippen LogP contribution in [-0.2, 0) is 4.79 Å². The number of amides is 2. The third-order valence-electron chi connectivity index (χ3n) is 2.40. The lowest BCUT2D eigenvalue weighted by Gasteiger charge is -2.15. The van der Waals surface area contributed by atoms with Gasteiger partial charge in [-0.15, -0.1) is 0 Å². The minimum Gasteiger partial charge on any atom is -0.350 e. The predicted molar refractivity (Wildman–Crippen MR) is 68.6 cm³/mol. The lowest BCUT2D eigenvalue weighted by molar-refractivity contribution is -0.163. The number of halogens is 4. The van der Waals surface area contributed by atoms with Crippen LogP contribution in [0.1, 0.15) is 24.2 Å². The molecule has 0 aliphatic heterocycles. The summed E-state index contributed by atoms with van der Waals surface area (Å²) in [7, 11) is 0. The van der Waals surface area contributed by atoms with Crippen molar-refractivity contribution >= 4 is 17.5 Å². The van der Waals surface area contributed by atoms with Crippen LogP contribution in [0, 0.1) is 0 Å². The summed E-state index contributed by atoms with van der Waals surface area (Å²) in [5.41, 5.74) is 0.142. The first kappa shape index (κ1) is 16.9. The molecule has 0 spiro atoms. The van der Waals surface area contributed by atoms with E-state index in [0.717, 1.165) is 0 Å². The van der Waals surface area contributed by atoms with Gasteiger partial charge in [0.1, 0.15) is 0 Å². The molecule has 1 aromatic carbocycles. The summed E-state index contributed by atoms with van der Waals surface area (Å²) in [6.07, 6.45) is -4.09. The molecule has 2 amide bonds. The summed E-state index contributed by atoms with van der Waals surface area (Å²) in [5, 5.41) is 4.28. The highest BCUT2D eigenvalue weighted by atomic mass is 19.3. The standard InChI is InChI=1S/C13H14F4N2O2/c1-7(2)18-10(20)8-3-5-9(6-4-8)19-12(21)13(16,17)11(14)15/h3-7,11H,1-2H3,(H,18,20)(H,19,21). The van der Waals surface area contributed by atoms with E-state index in [2.05, 4.69) is 5.32 Å². The van der Waals surface area contributed by atoms with Crippen LogP contribution in [0.3, 0.4) is 0 Å². The number of anilines is 1. The molecule has 0 radical (unpaired) electrons. The fourth-order valence-corrected chi connectivity index (χ4v) is 1.36. The van der Waals surface area contributed by atoms with Gasteiger partial charge in [0.2, 0.25) is 0 Å². The molecule has 0 saturated carbocycles. The van der Waals surface area contributed by atoms with Crippen LogP contribution in [-0.4, -0.2) is 30.2 Å². The number of benzene rings is 1. The van der Waals surface area contributed by atoms with Gasteiger partial charge in [-0.3, -0.25) is 9.59 Å². The zero-order valence-electron chi connectivity index (χ0n) is 11.3. The molecule has 8 heteroatoms. The van der Waals surface area contributed by atoms with E-state index in [1.807, 2.05) is 0 Å². The van der Waals surface area contributed by atoms with Crippen LogP contribution in [0.25, 0.3) is 0 Å². The Hall–Kier alpha value is -2.12. The summed E-state index contributed by atoms with van der Waals surface area (Å²) in [6.45, 7) is 3.53. The van der Waals surface area contributed by atoms with Crippen molar-refractivity contribution in [2.75, 3.05) is 5.32 Å². The molecule has 0 aliphatic rings. The molecule has 0 fully saturated rings. The number of hydrogen-bond acceptors (Lipinski definition) is 2. The van der Waals surface area contributed by atoms with Gasteiger partial charge < -0.3 is 10.6 Å². The normalized spacial score (nSPS) is 11.6. The molecule has 0 unspecified atom stereocenters. The minimum absolute atomic E-state index is 0.0818. The molecule has 0 saturated heterocycles. The van der Waals surface area contributed by atoms with E-state index in [9.17, 15) is 27.2 Å². The Morgan fingerprint density at radius 2 is 1.62 bits per heavy atom. The van der Waals surface area contributed by atoms with Crippen LogP contribution in [0.4, 0.5) is 23.2 Å². The highest BCUT2D eigenvalue weighted by Crippen LogP contribution is 2.24. The molecular formula is C13H14F4N2O2. The van der Waals surface area contributed by atoms with Crippen molar-refractivity contribution in [2.24, 2.45) is 0 Å². The first-order valence-corrected chi connectivity index (χ1v) is 6.03. The van der Waals surface area contributed by atoms with Gasteiger partial charge in [0.05, 0.1) is 0 Å². The highest BCUT2D eigenvalue weighted by molar-refractivity contribution is 5.98. The lowest BCUT2D eigenvalue weighted by Crippen LogP contribution is -2.41. The summed E-state index contributed by atoms with van der Waals surface area (Å²) in [6, 6.07) is 4.84. The molecule has 0 bridgehead atoms. The maximum absolute atomic E-state index is 12.8. The van der Waals surface area contributed by atoms with Gasteiger partial charge in [-0.2, -0.15) is 8.78 Å². The Bertz CT molecular complexity index is 515. The highest BCUT2D eigenvalue weighted by Gasteiger charge is 2.48. The first-order valence-electron chi connectivity index (χ1n) is 6.03. The predicted octanol–water partition coefficient (Wildman–Crippen LogP) is 2.66. The maximum Gasteiger partial charge on any atom is 0.383 e. The van der Waals surface area contributed by atoms with E-state index in [-0.39, 0.29) is 23.2 Å².